The van der Waals surface area contributed by atoms with Crippen molar-refractivity contribution in [1.29, 1.82) is 0 Å². The van der Waals surface area contributed by atoms with E-state index in [0.29, 0.717) is 47.6 Å². The minimum atomic E-state index is -4.58. The SMILES string of the molecule is O=C(COC(=O)C=Cc1ccc(Cl)cc1Cl)Nc1cc(C(F)(F)F)ccc1N1CCOCC1. The lowest BCUT2D eigenvalue weighted by molar-refractivity contribution is -0.142. The summed E-state index contributed by atoms with van der Waals surface area (Å²) in [5.74, 6) is -1.61. The third kappa shape index (κ3) is 7.12. The Morgan fingerprint density at radius 1 is 1.12 bits per heavy atom. The Balaban J connectivity index is 1.65. The second-order valence-electron chi connectivity index (χ2n) is 6.98. The summed E-state index contributed by atoms with van der Waals surface area (Å²) >= 11 is 11.8. The standard InChI is InChI=1S/C22H19Cl2F3N2O4/c23-16-4-1-14(17(24)12-16)2-6-21(31)33-13-20(30)28-18-11-15(22(25,26)27)3-5-19(18)29-7-9-32-10-8-29/h1-6,11-12H,7-10,13H2,(H,28,30). The van der Waals surface area contributed by atoms with Crippen molar-refractivity contribution in [2.24, 2.45) is 0 Å². The molecule has 0 saturated carbocycles. The third-order valence-corrected chi connectivity index (χ3v) is 5.22. The first-order valence-corrected chi connectivity index (χ1v) is 10.5. The first kappa shape index (κ1) is 24.9. The average molecular weight is 503 g/mol. The van der Waals surface area contributed by atoms with Gasteiger partial charge in [0, 0.05) is 29.2 Å². The number of nitrogens with one attached hydrogen (secondary N) is 1. The van der Waals surface area contributed by atoms with Crippen LogP contribution in [0.4, 0.5) is 24.5 Å². The Kier molecular flexibility index (Phi) is 8.23. The number of esters is 1. The summed E-state index contributed by atoms with van der Waals surface area (Å²) < 4.78 is 49.7. The van der Waals surface area contributed by atoms with Gasteiger partial charge in [0.2, 0.25) is 0 Å². The van der Waals surface area contributed by atoms with Crippen LogP contribution in [0.3, 0.4) is 0 Å². The fourth-order valence-corrected chi connectivity index (χ4v) is 3.53. The molecule has 1 aliphatic heterocycles. The van der Waals surface area contributed by atoms with Crippen molar-refractivity contribution < 1.29 is 32.2 Å². The highest BCUT2D eigenvalue weighted by Gasteiger charge is 2.32. The molecular weight excluding hydrogens is 484 g/mol. The van der Waals surface area contributed by atoms with Crippen LogP contribution in [0, 0.1) is 0 Å². The van der Waals surface area contributed by atoms with Gasteiger partial charge < -0.3 is 19.7 Å². The van der Waals surface area contributed by atoms with Gasteiger partial charge in [-0.3, -0.25) is 4.79 Å². The predicted octanol–water partition coefficient (Wildman–Crippen LogP) is 5.04. The fraction of sp³-hybridized carbons (Fsp3) is 0.273. The molecule has 2 aromatic carbocycles. The van der Waals surface area contributed by atoms with Crippen LogP contribution in [-0.4, -0.2) is 44.8 Å². The number of amides is 1. The number of anilines is 2. The van der Waals surface area contributed by atoms with E-state index in [1.165, 1.54) is 18.2 Å². The number of alkyl halides is 3. The van der Waals surface area contributed by atoms with Crippen molar-refractivity contribution in [1.82, 2.24) is 0 Å². The van der Waals surface area contributed by atoms with Crippen molar-refractivity contribution in [3.63, 3.8) is 0 Å². The molecular formula is C22H19Cl2F3N2O4. The molecule has 6 nitrogen and oxygen atoms in total. The first-order valence-electron chi connectivity index (χ1n) is 9.77. The van der Waals surface area contributed by atoms with Crippen LogP contribution >= 0.6 is 23.2 Å². The van der Waals surface area contributed by atoms with Gasteiger partial charge in [-0.2, -0.15) is 13.2 Å². The third-order valence-electron chi connectivity index (χ3n) is 4.66. The summed E-state index contributed by atoms with van der Waals surface area (Å²) in [4.78, 5) is 26.0. The molecule has 1 fully saturated rings. The quantitative estimate of drug-likeness (QED) is 0.442. The van der Waals surface area contributed by atoms with E-state index in [1.807, 2.05) is 4.90 Å². The van der Waals surface area contributed by atoms with Crippen LogP contribution in [0.1, 0.15) is 11.1 Å². The molecule has 1 heterocycles. The molecule has 1 N–H and O–H groups in total. The molecule has 0 aromatic heterocycles. The lowest BCUT2D eigenvalue weighted by Crippen LogP contribution is -2.37. The number of hydrogen-bond donors (Lipinski definition) is 1. The summed E-state index contributed by atoms with van der Waals surface area (Å²) in [7, 11) is 0. The summed E-state index contributed by atoms with van der Waals surface area (Å²) in [6.07, 6.45) is -2.11. The minimum absolute atomic E-state index is 0.0312. The van der Waals surface area contributed by atoms with Gasteiger partial charge in [0.05, 0.1) is 30.2 Å². The van der Waals surface area contributed by atoms with Crippen LogP contribution < -0.4 is 10.2 Å². The normalized spacial score (nSPS) is 14.4. The number of benzene rings is 2. The van der Waals surface area contributed by atoms with E-state index in [4.69, 9.17) is 32.7 Å². The molecule has 0 atom stereocenters. The van der Waals surface area contributed by atoms with Crippen LogP contribution in [-0.2, 0) is 25.2 Å². The molecule has 1 amide bonds. The van der Waals surface area contributed by atoms with Gasteiger partial charge in [-0.1, -0.05) is 29.3 Å². The van der Waals surface area contributed by atoms with Crippen molar-refractivity contribution in [3.8, 4) is 0 Å². The van der Waals surface area contributed by atoms with E-state index in [1.54, 1.807) is 12.1 Å². The highest BCUT2D eigenvalue weighted by molar-refractivity contribution is 6.35. The van der Waals surface area contributed by atoms with E-state index in [9.17, 15) is 22.8 Å². The Hall–Kier alpha value is -2.75. The zero-order chi connectivity index (χ0) is 24.0. The van der Waals surface area contributed by atoms with E-state index >= 15 is 0 Å². The van der Waals surface area contributed by atoms with Crippen LogP contribution in [0.5, 0.6) is 0 Å². The maximum Gasteiger partial charge on any atom is 0.416 e. The zero-order valence-electron chi connectivity index (χ0n) is 17.1. The summed E-state index contributed by atoms with van der Waals surface area (Å²) in [5.41, 5.74) is -0.00400. The molecule has 33 heavy (non-hydrogen) atoms. The molecule has 3 rings (SSSR count). The second kappa shape index (κ2) is 10.9. The molecule has 0 spiro atoms. The molecule has 1 aliphatic rings. The highest BCUT2D eigenvalue weighted by Crippen LogP contribution is 2.35. The predicted molar refractivity (Wildman–Crippen MR) is 120 cm³/mol. The monoisotopic (exact) mass is 502 g/mol. The maximum absolute atomic E-state index is 13.2. The Labute approximate surface area is 197 Å². The molecule has 176 valence electrons. The van der Waals surface area contributed by atoms with Crippen molar-refractivity contribution in [2.45, 2.75) is 6.18 Å². The number of carbonyl (C=O) groups is 2. The molecule has 0 bridgehead atoms. The number of halogens is 5. The number of ether oxygens (including phenoxy) is 2. The fourth-order valence-electron chi connectivity index (χ4n) is 3.06. The highest BCUT2D eigenvalue weighted by atomic mass is 35.5. The molecule has 0 aliphatic carbocycles. The number of hydrogen-bond acceptors (Lipinski definition) is 5. The summed E-state index contributed by atoms with van der Waals surface area (Å²) in [6, 6.07) is 7.80. The Bertz CT molecular complexity index is 1050. The van der Waals surface area contributed by atoms with Gasteiger partial charge in [-0.15, -0.1) is 0 Å². The van der Waals surface area contributed by atoms with Crippen molar-refractivity contribution >= 4 is 52.5 Å². The van der Waals surface area contributed by atoms with Gasteiger partial charge in [0.15, 0.2) is 6.61 Å². The van der Waals surface area contributed by atoms with E-state index in [0.717, 1.165) is 18.2 Å². The molecule has 11 heteroatoms. The van der Waals surface area contributed by atoms with Crippen LogP contribution in [0.15, 0.2) is 42.5 Å². The molecule has 0 unspecified atom stereocenters. The van der Waals surface area contributed by atoms with E-state index in [-0.39, 0.29) is 5.69 Å². The zero-order valence-corrected chi connectivity index (χ0v) is 18.6. The van der Waals surface area contributed by atoms with Crippen molar-refractivity contribution in [2.75, 3.05) is 43.1 Å². The smallest absolute Gasteiger partial charge is 0.416 e. The van der Waals surface area contributed by atoms with E-state index < -0.39 is 30.2 Å². The van der Waals surface area contributed by atoms with Gasteiger partial charge in [0.25, 0.3) is 5.91 Å². The second-order valence-corrected chi connectivity index (χ2v) is 7.83. The summed E-state index contributed by atoms with van der Waals surface area (Å²) in [5, 5.41) is 3.16. The topological polar surface area (TPSA) is 67.9 Å². The number of rotatable bonds is 6. The summed E-state index contributed by atoms with van der Waals surface area (Å²) in [6.45, 7) is 1.06. The maximum atomic E-state index is 13.2. The van der Waals surface area contributed by atoms with Gasteiger partial charge >= 0.3 is 12.1 Å². The first-order chi connectivity index (χ1) is 15.6. The van der Waals surface area contributed by atoms with Gasteiger partial charge in [-0.05, 0) is 42.0 Å². The Morgan fingerprint density at radius 3 is 2.52 bits per heavy atom. The Morgan fingerprint density at radius 2 is 1.85 bits per heavy atom. The van der Waals surface area contributed by atoms with Gasteiger partial charge in [0.1, 0.15) is 0 Å². The molecule has 1 saturated heterocycles. The minimum Gasteiger partial charge on any atom is -0.452 e. The molecule has 2 aromatic rings. The van der Waals surface area contributed by atoms with Crippen LogP contribution in [0.2, 0.25) is 10.0 Å². The average Bonchev–Trinajstić information content (AvgIpc) is 2.77. The van der Waals surface area contributed by atoms with Crippen LogP contribution in [0.25, 0.3) is 6.08 Å². The van der Waals surface area contributed by atoms with Gasteiger partial charge in [-0.25, -0.2) is 4.79 Å². The largest absolute Gasteiger partial charge is 0.452 e. The van der Waals surface area contributed by atoms with E-state index in [2.05, 4.69) is 5.32 Å². The lowest BCUT2D eigenvalue weighted by Gasteiger charge is -2.31. The number of carbonyl (C=O) groups excluding carboxylic acids is 2. The van der Waals surface area contributed by atoms with Crippen molar-refractivity contribution in [3.05, 3.63) is 63.6 Å². The number of morpholine rings is 1. The molecule has 0 radical (unpaired) electrons. The lowest BCUT2D eigenvalue weighted by atomic mass is 10.1. The number of nitrogens with zero attached hydrogens (tertiary/aromatic N) is 1.